The molecule has 4 nitrogen and oxygen atoms in total. The van der Waals surface area contributed by atoms with E-state index in [4.69, 9.17) is 9.47 Å². The number of hydrogen-bond donors (Lipinski definition) is 1. The van der Waals surface area contributed by atoms with E-state index in [1.165, 1.54) is 12.1 Å². The van der Waals surface area contributed by atoms with Crippen molar-refractivity contribution in [2.24, 2.45) is 5.41 Å². The number of hydrogen-bond acceptors (Lipinski definition) is 3. The first-order valence-electron chi connectivity index (χ1n) is 8.74. The largest absolute Gasteiger partial charge is 0.491 e. The number of ether oxygens (including phenoxy) is 2. The molecular weight excluding hydrogens is 309 g/mol. The van der Waals surface area contributed by atoms with Crippen LogP contribution in [0.3, 0.4) is 0 Å². The summed E-state index contributed by atoms with van der Waals surface area (Å²) in [5.74, 6) is 0.720. The van der Waals surface area contributed by atoms with Crippen LogP contribution < -0.4 is 10.1 Å². The van der Waals surface area contributed by atoms with Crippen LogP contribution >= 0.6 is 0 Å². The number of nitrogens with one attached hydrogen (secondary N) is 1. The van der Waals surface area contributed by atoms with Crippen LogP contribution in [0.4, 0.5) is 4.39 Å². The molecule has 1 atom stereocenters. The van der Waals surface area contributed by atoms with Crippen molar-refractivity contribution < 1.29 is 20.1 Å². The van der Waals surface area contributed by atoms with Gasteiger partial charge in [0.25, 0.3) is 0 Å². The zero-order chi connectivity index (χ0) is 17.6. The fraction of sp³-hybridized carbons (Fsp3) is 0.632. The van der Waals surface area contributed by atoms with Gasteiger partial charge in [0.15, 0.2) is 0 Å². The van der Waals surface area contributed by atoms with Crippen LogP contribution in [0.5, 0.6) is 5.75 Å². The quantitative estimate of drug-likeness (QED) is 0.658. The van der Waals surface area contributed by atoms with E-state index < -0.39 is 0 Å². The summed E-state index contributed by atoms with van der Waals surface area (Å²) < 4.78 is 24.6. The molecule has 1 aliphatic carbocycles. The first-order valence-corrected chi connectivity index (χ1v) is 8.74. The van der Waals surface area contributed by atoms with Crippen molar-refractivity contribution in [3.8, 4) is 5.75 Å². The Labute approximate surface area is 145 Å². The minimum Gasteiger partial charge on any atom is -0.491 e. The van der Waals surface area contributed by atoms with Gasteiger partial charge < -0.3 is 14.8 Å². The van der Waals surface area contributed by atoms with Crippen molar-refractivity contribution in [1.29, 1.82) is 0 Å². The van der Waals surface area contributed by atoms with E-state index in [9.17, 15) is 9.18 Å². The highest BCUT2D eigenvalue weighted by atomic mass is 19.1. The maximum absolute atomic E-state index is 13.4. The van der Waals surface area contributed by atoms with Gasteiger partial charge in [0, 0.05) is 19.5 Å². The molecule has 24 heavy (non-hydrogen) atoms. The van der Waals surface area contributed by atoms with Gasteiger partial charge in [0.1, 0.15) is 18.2 Å². The second kappa shape index (κ2) is 8.47. The number of benzene rings is 1. The van der Waals surface area contributed by atoms with Crippen LogP contribution in [0, 0.1) is 11.2 Å². The molecule has 5 heteroatoms. The average Bonchev–Trinajstić information content (AvgIpc) is 3.32. The molecule has 1 fully saturated rings. The van der Waals surface area contributed by atoms with Crippen molar-refractivity contribution >= 4 is 5.91 Å². The molecule has 0 radical (unpaired) electrons. The standard InChI is InChI=1S/C19H28FNO3.H2/c1-4-14(2)16-6-5-15(20)13-17(16)24-12-11-23-10-9-21-18(22)19(3)7-8-19;/h5-6,13-14H,4,7-12H2,1-3H3,(H,21,22);1H. The summed E-state index contributed by atoms with van der Waals surface area (Å²) >= 11 is 0. The predicted molar refractivity (Wildman–Crippen MR) is 93.9 cm³/mol. The molecule has 0 heterocycles. The fourth-order valence-electron chi connectivity index (χ4n) is 2.44. The summed E-state index contributed by atoms with van der Waals surface area (Å²) in [5.41, 5.74) is 0.871. The van der Waals surface area contributed by atoms with Crippen LogP contribution in [-0.2, 0) is 9.53 Å². The fourth-order valence-corrected chi connectivity index (χ4v) is 2.44. The summed E-state index contributed by atoms with van der Waals surface area (Å²) in [6.45, 7) is 7.89. The van der Waals surface area contributed by atoms with Gasteiger partial charge in [-0.3, -0.25) is 4.79 Å². The molecule has 1 saturated carbocycles. The van der Waals surface area contributed by atoms with E-state index in [0.29, 0.717) is 38.0 Å². The van der Waals surface area contributed by atoms with E-state index in [1.807, 2.05) is 6.92 Å². The van der Waals surface area contributed by atoms with Crippen LogP contribution in [-0.4, -0.2) is 32.3 Å². The van der Waals surface area contributed by atoms with Crippen LogP contribution in [0.15, 0.2) is 18.2 Å². The Hall–Kier alpha value is -1.62. The van der Waals surface area contributed by atoms with Crippen molar-refractivity contribution in [3.05, 3.63) is 29.6 Å². The van der Waals surface area contributed by atoms with Crippen LogP contribution in [0.1, 0.15) is 52.9 Å². The van der Waals surface area contributed by atoms with E-state index in [1.54, 1.807) is 6.07 Å². The lowest BCUT2D eigenvalue weighted by Gasteiger charge is -2.16. The number of carbonyl (C=O) groups excluding carboxylic acids is 1. The molecule has 136 valence electrons. The Bertz CT molecular complexity index is 564. The molecule has 1 unspecified atom stereocenters. The summed E-state index contributed by atoms with van der Waals surface area (Å²) in [6, 6.07) is 4.68. The Kier molecular flexibility index (Phi) is 6.60. The molecule has 2 rings (SSSR count). The van der Waals surface area contributed by atoms with Gasteiger partial charge in [-0.15, -0.1) is 0 Å². The summed E-state index contributed by atoms with van der Waals surface area (Å²) in [5, 5.41) is 2.88. The van der Waals surface area contributed by atoms with Crippen molar-refractivity contribution in [3.63, 3.8) is 0 Å². The zero-order valence-corrected chi connectivity index (χ0v) is 14.9. The second-order valence-corrected chi connectivity index (χ2v) is 6.77. The van der Waals surface area contributed by atoms with Crippen LogP contribution in [0.2, 0.25) is 0 Å². The van der Waals surface area contributed by atoms with Gasteiger partial charge in [-0.1, -0.05) is 26.8 Å². The van der Waals surface area contributed by atoms with Gasteiger partial charge in [0.05, 0.1) is 13.2 Å². The average molecular weight is 339 g/mol. The van der Waals surface area contributed by atoms with Crippen molar-refractivity contribution in [2.75, 3.05) is 26.4 Å². The molecule has 0 saturated heterocycles. The topological polar surface area (TPSA) is 47.6 Å². The zero-order valence-electron chi connectivity index (χ0n) is 14.9. The van der Waals surface area contributed by atoms with E-state index in [2.05, 4.69) is 19.2 Å². The normalized spacial score (nSPS) is 16.5. The molecule has 1 N–H and O–H groups in total. The SMILES string of the molecule is CCC(C)c1ccc(F)cc1OCCOCCNC(=O)C1(C)CC1.[HH]. The maximum atomic E-state index is 13.4. The Morgan fingerprint density at radius 3 is 2.79 bits per heavy atom. The molecule has 0 bridgehead atoms. The highest BCUT2D eigenvalue weighted by Crippen LogP contribution is 2.44. The number of carbonyl (C=O) groups is 1. The monoisotopic (exact) mass is 339 g/mol. The minimum atomic E-state index is -0.297. The highest BCUT2D eigenvalue weighted by Gasteiger charge is 2.44. The Morgan fingerprint density at radius 2 is 2.12 bits per heavy atom. The summed E-state index contributed by atoms with van der Waals surface area (Å²) in [4.78, 5) is 11.7. The third kappa shape index (κ3) is 5.20. The third-order valence-corrected chi connectivity index (χ3v) is 4.68. The number of rotatable bonds is 10. The number of halogens is 1. The van der Waals surface area contributed by atoms with E-state index in [-0.39, 0.29) is 18.6 Å². The molecule has 1 amide bonds. The molecule has 0 aliphatic heterocycles. The molecule has 1 aliphatic rings. The minimum absolute atomic E-state index is 0. The first-order chi connectivity index (χ1) is 11.5. The van der Waals surface area contributed by atoms with Crippen molar-refractivity contribution in [1.82, 2.24) is 5.32 Å². The molecule has 0 aromatic heterocycles. The van der Waals surface area contributed by atoms with Gasteiger partial charge in [-0.05, 0) is 36.8 Å². The second-order valence-electron chi connectivity index (χ2n) is 6.77. The van der Waals surface area contributed by atoms with Gasteiger partial charge in [-0.25, -0.2) is 4.39 Å². The highest BCUT2D eigenvalue weighted by molar-refractivity contribution is 5.84. The van der Waals surface area contributed by atoms with Gasteiger partial charge in [-0.2, -0.15) is 0 Å². The lowest BCUT2D eigenvalue weighted by molar-refractivity contribution is -0.125. The Balaban J connectivity index is 0.00000312. The summed E-state index contributed by atoms with van der Waals surface area (Å²) in [7, 11) is 0. The number of amides is 1. The molecule has 1 aromatic carbocycles. The first kappa shape index (κ1) is 18.7. The van der Waals surface area contributed by atoms with Gasteiger partial charge in [0.2, 0.25) is 5.91 Å². The predicted octanol–water partition coefficient (Wildman–Crippen LogP) is 3.90. The van der Waals surface area contributed by atoms with Crippen molar-refractivity contribution in [2.45, 2.75) is 46.0 Å². The maximum Gasteiger partial charge on any atom is 0.226 e. The Morgan fingerprint density at radius 1 is 1.38 bits per heavy atom. The molecule has 1 aromatic rings. The lowest BCUT2D eigenvalue weighted by Crippen LogP contribution is -2.33. The van der Waals surface area contributed by atoms with Crippen LogP contribution in [0.25, 0.3) is 0 Å². The van der Waals surface area contributed by atoms with Gasteiger partial charge >= 0.3 is 0 Å². The van der Waals surface area contributed by atoms with E-state index >= 15 is 0 Å². The lowest BCUT2D eigenvalue weighted by atomic mass is 9.98. The smallest absolute Gasteiger partial charge is 0.226 e. The third-order valence-electron chi connectivity index (χ3n) is 4.68. The summed E-state index contributed by atoms with van der Waals surface area (Å²) in [6.07, 6.45) is 2.91. The molecule has 0 spiro atoms. The van der Waals surface area contributed by atoms with E-state index in [0.717, 1.165) is 24.8 Å². The molecular formula is C19H30FNO3.